The number of hydrogen-bond donors (Lipinski definition) is 3. The SMILES string of the molecule is O=C(NC1CCCCCC1C(=O)O)c1ccncc1O. The molecule has 1 fully saturated rings. The number of rotatable bonds is 3. The number of aliphatic carboxylic acids is 1. The molecule has 1 amide bonds. The Kier molecular flexibility index (Phi) is 4.55. The molecule has 6 nitrogen and oxygen atoms in total. The van der Waals surface area contributed by atoms with Crippen LogP contribution in [0, 0.1) is 5.92 Å². The molecule has 2 atom stereocenters. The molecule has 2 rings (SSSR count). The van der Waals surface area contributed by atoms with Crippen LogP contribution in [0.25, 0.3) is 0 Å². The summed E-state index contributed by atoms with van der Waals surface area (Å²) in [7, 11) is 0. The lowest BCUT2D eigenvalue weighted by molar-refractivity contribution is -0.142. The van der Waals surface area contributed by atoms with Crippen LogP contribution in [0.2, 0.25) is 0 Å². The number of aromatic hydroxyl groups is 1. The van der Waals surface area contributed by atoms with E-state index in [-0.39, 0.29) is 11.3 Å². The number of carboxylic acid groups (broad SMARTS) is 1. The van der Waals surface area contributed by atoms with E-state index in [0.717, 1.165) is 19.3 Å². The smallest absolute Gasteiger partial charge is 0.308 e. The molecule has 0 aromatic carbocycles. The molecule has 3 N–H and O–H groups in total. The summed E-state index contributed by atoms with van der Waals surface area (Å²) in [5, 5.41) is 21.6. The zero-order valence-electron chi connectivity index (χ0n) is 11.1. The van der Waals surface area contributed by atoms with Crippen molar-refractivity contribution in [3.8, 4) is 5.75 Å². The van der Waals surface area contributed by atoms with Gasteiger partial charge in [0.2, 0.25) is 0 Å². The fourth-order valence-corrected chi connectivity index (χ4v) is 2.60. The van der Waals surface area contributed by atoms with Gasteiger partial charge < -0.3 is 15.5 Å². The number of aromatic nitrogens is 1. The van der Waals surface area contributed by atoms with E-state index in [9.17, 15) is 19.8 Å². The zero-order valence-corrected chi connectivity index (χ0v) is 11.1. The Morgan fingerprint density at radius 1 is 1.25 bits per heavy atom. The summed E-state index contributed by atoms with van der Waals surface area (Å²) in [6, 6.07) is 1.02. The maximum absolute atomic E-state index is 12.1. The van der Waals surface area contributed by atoms with Crippen molar-refractivity contribution in [3.05, 3.63) is 24.0 Å². The van der Waals surface area contributed by atoms with Crippen LogP contribution in [0.3, 0.4) is 0 Å². The first-order valence-corrected chi connectivity index (χ1v) is 6.76. The van der Waals surface area contributed by atoms with Gasteiger partial charge in [-0.1, -0.05) is 19.3 Å². The highest BCUT2D eigenvalue weighted by Crippen LogP contribution is 2.24. The minimum absolute atomic E-state index is 0.119. The van der Waals surface area contributed by atoms with Crippen molar-refractivity contribution >= 4 is 11.9 Å². The third kappa shape index (κ3) is 3.26. The van der Waals surface area contributed by atoms with E-state index in [2.05, 4.69) is 10.3 Å². The number of carbonyl (C=O) groups is 2. The molecule has 0 spiro atoms. The van der Waals surface area contributed by atoms with Crippen molar-refractivity contribution in [1.29, 1.82) is 0 Å². The third-order valence-electron chi connectivity index (χ3n) is 3.69. The lowest BCUT2D eigenvalue weighted by Gasteiger charge is -2.23. The topological polar surface area (TPSA) is 99.5 Å². The number of hydrogen-bond acceptors (Lipinski definition) is 4. The monoisotopic (exact) mass is 278 g/mol. The number of nitrogens with zero attached hydrogens (tertiary/aromatic N) is 1. The van der Waals surface area contributed by atoms with Crippen LogP contribution >= 0.6 is 0 Å². The summed E-state index contributed by atoms with van der Waals surface area (Å²) >= 11 is 0. The Balaban J connectivity index is 2.12. The number of nitrogens with one attached hydrogen (secondary N) is 1. The van der Waals surface area contributed by atoms with Gasteiger partial charge in [-0.2, -0.15) is 0 Å². The average Bonchev–Trinajstić information content (AvgIpc) is 2.64. The minimum Gasteiger partial charge on any atom is -0.505 e. The molecule has 6 heteroatoms. The molecule has 2 unspecified atom stereocenters. The number of amides is 1. The minimum atomic E-state index is -0.879. The maximum atomic E-state index is 12.1. The van der Waals surface area contributed by atoms with Crippen LogP contribution in [0.1, 0.15) is 42.5 Å². The summed E-state index contributed by atoms with van der Waals surface area (Å²) in [5.41, 5.74) is 0.119. The van der Waals surface area contributed by atoms with E-state index in [1.165, 1.54) is 18.5 Å². The Hall–Kier alpha value is -2.11. The van der Waals surface area contributed by atoms with Gasteiger partial charge in [0.05, 0.1) is 17.7 Å². The second-order valence-corrected chi connectivity index (χ2v) is 5.06. The van der Waals surface area contributed by atoms with E-state index in [1.807, 2.05) is 0 Å². The van der Waals surface area contributed by atoms with Gasteiger partial charge in [0, 0.05) is 12.2 Å². The summed E-state index contributed by atoms with van der Waals surface area (Å²) < 4.78 is 0. The predicted octanol–water partition coefficient (Wildman–Crippen LogP) is 1.55. The molecule has 1 saturated carbocycles. The molecule has 1 aliphatic rings. The molecular formula is C14H18N2O4. The Morgan fingerprint density at radius 2 is 2.00 bits per heavy atom. The first-order valence-electron chi connectivity index (χ1n) is 6.76. The molecule has 108 valence electrons. The van der Waals surface area contributed by atoms with E-state index in [4.69, 9.17) is 0 Å². The second-order valence-electron chi connectivity index (χ2n) is 5.06. The van der Waals surface area contributed by atoms with Crippen molar-refractivity contribution in [1.82, 2.24) is 10.3 Å². The van der Waals surface area contributed by atoms with Crippen molar-refractivity contribution in [2.24, 2.45) is 5.92 Å². The summed E-state index contributed by atoms with van der Waals surface area (Å²) in [6.07, 6.45) is 6.57. The normalized spacial score (nSPS) is 22.8. The molecule has 0 bridgehead atoms. The number of carboxylic acids is 1. The summed E-state index contributed by atoms with van der Waals surface area (Å²) in [5.74, 6) is -2.10. The van der Waals surface area contributed by atoms with Gasteiger partial charge >= 0.3 is 5.97 Å². The van der Waals surface area contributed by atoms with E-state index in [0.29, 0.717) is 12.8 Å². The third-order valence-corrected chi connectivity index (χ3v) is 3.69. The predicted molar refractivity (Wildman–Crippen MR) is 71.4 cm³/mol. The lowest BCUT2D eigenvalue weighted by atomic mass is 9.94. The van der Waals surface area contributed by atoms with Crippen LogP contribution < -0.4 is 5.32 Å². The standard InChI is InChI=1S/C14H18N2O4/c17-12-8-15-7-6-10(12)13(18)16-11-5-3-1-2-4-9(11)14(19)20/h6-9,11,17H,1-5H2,(H,16,18)(H,19,20). The number of carbonyl (C=O) groups excluding carboxylic acids is 1. The Labute approximate surface area is 116 Å². The van der Waals surface area contributed by atoms with Gasteiger partial charge in [0.15, 0.2) is 0 Å². The van der Waals surface area contributed by atoms with E-state index >= 15 is 0 Å². The largest absolute Gasteiger partial charge is 0.505 e. The van der Waals surface area contributed by atoms with Gasteiger partial charge in [-0.15, -0.1) is 0 Å². The van der Waals surface area contributed by atoms with E-state index in [1.54, 1.807) is 0 Å². The molecular weight excluding hydrogens is 260 g/mol. The van der Waals surface area contributed by atoms with Crippen molar-refractivity contribution in [3.63, 3.8) is 0 Å². The van der Waals surface area contributed by atoms with Gasteiger partial charge in [0.1, 0.15) is 5.75 Å². The van der Waals surface area contributed by atoms with E-state index < -0.39 is 23.8 Å². The highest BCUT2D eigenvalue weighted by Gasteiger charge is 2.31. The number of pyridine rings is 1. The molecule has 0 aliphatic heterocycles. The highest BCUT2D eigenvalue weighted by atomic mass is 16.4. The van der Waals surface area contributed by atoms with Crippen molar-refractivity contribution in [2.75, 3.05) is 0 Å². The fourth-order valence-electron chi connectivity index (χ4n) is 2.60. The maximum Gasteiger partial charge on any atom is 0.308 e. The molecule has 1 heterocycles. The second kappa shape index (κ2) is 6.36. The van der Waals surface area contributed by atoms with Gasteiger partial charge in [-0.3, -0.25) is 14.6 Å². The molecule has 20 heavy (non-hydrogen) atoms. The summed E-state index contributed by atoms with van der Waals surface area (Å²) in [4.78, 5) is 27.1. The molecule has 1 aliphatic carbocycles. The quantitative estimate of drug-likeness (QED) is 0.728. The van der Waals surface area contributed by atoms with Crippen LogP contribution in [-0.4, -0.2) is 33.1 Å². The first-order chi connectivity index (χ1) is 9.59. The molecule has 1 aromatic rings. The molecule has 1 aromatic heterocycles. The highest BCUT2D eigenvalue weighted by molar-refractivity contribution is 5.97. The fraction of sp³-hybridized carbons (Fsp3) is 0.500. The van der Waals surface area contributed by atoms with Crippen LogP contribution in [0.4, 0.5) is 0 Å². The molecule has 0 saturated heterocycles. The molecule has 0 radical (unpaired) electrons. The Morgan fingerprint density at radius 3 is 2.70 bits per heavy atom. The van der Waals surface area contributed by atoms with Crippen molar-refractivity contribution < 1.29 is 19.8 Å². The first kappa shape index (κ1) is 14.3. The summed E-state index contributed by atoms with van der Waals surface area (Å²) in [6.45, 7) is 0. The lowest BCUT2D eigenvalue weighted by Crippen LogP contribution is -2.42. The van der Waals surface area contributed by atoms with Gasteiger partial charge in [-0.25, -0.2) is 0 Å². The Bertz CT molecular complexity index is 504. The average molecular weight is 278 g/mol. The van der Waals surface area contributed by atoms with Crippen molar-refractivity contribution in [2.45, 2.75) is 38.1 Å². The van der Waals surface area contributed by atoms with Gasteiger partial charge in [0.25, 0.3) is 5.91 Å². The van der Waals surface area contributed by atoms with Crippen LogP contribution in [0.15, 0.2) is 18.5 Å². The van der Waals surface area contributed by atoms with Gasteiger partial charge in [-0.05, 0) is 18.9 Å². The zero-order chi connectivity index (χ0) is 14.5. The van der Waals surface area contributed by atoms with Crippen LogP contribution in [0.5, 0.6) is 5.75 Å². The van der Waals surface area contributed by atoms with Crippen LogP contribution in [-0.2, 0) is 4.79 Å².